The summed E-state index contributed by atoms with van der Waals surface area (Å²) in [6.45, 7) is 6.30. The minimum Gasteiger partial charge on any atom is -0.337 e. The Morgan fingerprint density at radius 2 is 2.53 bits per heavy atom. The van der Waals surface area contributed by atoms with Crippen LogP contribution in [0.3, 0.4) is 0 Å². The van der Waals surface area contributed by atoms with Gasteiger partial charge in [0.15, 0.2) is 5.82 Å². The molecule has 2 heterocycles. The van der Waals surface area contributed by atoms with E-state index in [1.807, 2.05) is 23.4 Å². The standard InChI is InChI=1S/C12H19N5O2/c1-3-5-8(2)10-14-11(19-16-10)9-6-4-7-17(9)12(13)15-18/h3,5,9,12,15,18H,1,4,6-7,13H2,2H3/b8-5+/t9-,12?/m0/s1. The number of hydroxylamine groups is 1. The van der Waals surface area contributed by atoms with Gasteiger partial charge in [-0.1, -0.05) is 23.9 Å². The van der Waals surface area contributed by atoms with Gasteiger partial charge in [0.05, 0.1) is 6.04 Å². The maximum absolute atomic E-state index is 8.92. The molecule has 0 amide bonds. The van der Waals surface area contributed by atoms with Crippen molar-refractivity contribution in [1.82, 2.24) is 20.5 Å². The number of hydrogen-bond donors (Lipinski definition) is 3. The molecule has 19 heavy (non-hydrogen) atoms. The largest absolute Gasteiger partial charge is 0.337 e. The first-order valence-electron chi connectivity index (χ1n) is 6.21. The average molecular weight is 265 g/mol. The molecule has 1 aromatic rings. The Morgan fingerprint density at radius 1 is 1.74 bits per heavy atom. The summed E-state index contributed by atoms with van der Waals surface area (Å²) in [4.78, 5) is 6.27. The number of aromatic nitrogens is 2. The van der Waals surface area contributed by atoms with Gasteiger partial charge in [0.2, 0.25) is 5.89 Å². The molecule has 7 heteroatoms. The second kappa shape index (κ2) is 6.07. The van der Waals surface area contributed by atoms with Crippen LogP contribution in [0.2, 0.25) is 0 Å². The first-order chi connectivity index (χ1) is 9.17. The maximum atomic E-state index is 8.92. The van der Waals surface area contributed by atoms with E-state index < -0.39 is 6.29 Å². The van der Waals surface area contributed by atoms with Crippen LogP contribution in [0, 0.1) is 0 Å². The number of rotatable bonds is 5. The Labute approximate surface area is 111 Å². The lowest BCUT2D eigenvalue weighted by molar-refractivity contribution is 0.0217. The molecule has 0 spiro atoms. The highest BCUT2D eigenvalue weighted by Gasteiger charge is 2.33. The molecule has 0 aliphatic carbocycles. The summed E-state index contributed by atoms with van der Waals surface area (Å²) in [7, 11) is 0. The van der Waals surface area contributed by atoms with E-state index in [-0.39, 0.29) is 6.04 Å². The van der Waals surface area contributed by atoms with Crippen LogP contribution in [0.1, 0.15) is 37.5 Å². The summed E-state index contributed by atoms with van der Waals surface area (Å²) in [6, 6.07) is -0.0626. The van der Waals surface area contributed by atoms with Crippen molar-refractivity contribution in [3.8, 4) is 0 Å². The molecule has 7 nitrogen and oxygen atoms in total. The van der Waals surface area contributed by atoms with Crippen molar-refractivity contribution in [2.24, 2.45) is 5.73 Å². The van der Waals surface area contributed by atoms with E-state index in [4.69, 9.17) is 15.5 Å². The molecule has 0 bridgehead atoms. The van der Waals surface area contributed by atoms with Crippen LogP contribution in [0.5, 0.6) is 0 Å². The predicted octanol–water partition coefficient (Wildman–Crippen LogP) is 1.02. The first-order valence-corrected chi connectivity index (χ1v) is 6.21. The van der Waals surface area contributed by atoms with Crippen LogP contribution < -0.4 is 11.2 Å². The van der Waals surface area contributed by atoms with Gasteiger partial charge in [0.25, 0.3) is 0 Å². The minimum absolute atomic E-state index is 0.0626. The van der Waals surface area contributed by atoms with E-state index in [2.05, 4.69) is 16.7 Å². The Kier molecular flexibility index (Phi) is 4.43. The average Bonchev–Trinajstić information content (AvgIpc) is 3.06. The molecule has 4 N–H and O–H groups in total. The molecule has 0 saturated carbocycles. The molecule has 0 radical (unpaired) electrons. The van der Waals surface area contributed by atoms with E-state index in [0.29, 0.717) is 11.7 Å². The Balaban J connectivity index is 2.18. The summed E-state index contributed by atoms with van der Waals surface area (Å²) < 4.78 is 5.30. The predicted molar refractivity (Wildman–Crippen MR) is 69.7 cm³/mol. The van der Waals surface area contributed by atoms with Gasteiger partial charge in [-0.3, -0.25) is 4.90 Å². The number of allylic oxidation sites excluding steroid dienone is 3. The molecule has 1 unspecified atom stereocenters. The van der Waals surface area contributed by atoms with Crippen molar-refractivity contribution in [1.29, 1.82) is 0 Å². The third kappa shape index (κ3) is 2.90. The summed E-state index contributed by atoms with van der Waals surface area (Å²) in [6.07, 6.45) is 4.72. The van der Waals surface area contributed by atoms with Crippen molar-refractivity contribution < 1.29 is 9.73 Å². The number of hydrogen-bond acceptors (Lipinski definition) is 7. The normalized spacial score (nSPS) is 22.7. The molecular formula is C12H19N5O2. The van der Waals surface area contributed by atoms with Crippen molar-refractivity contribution in [2.75, 3.05) is 6.54 Å². The summed E-state index contributed by atoms with van der Waals surface area (Å²) in [5.41, 5.74) is 8.70. The number of nitrogens with one attached hydrogen (secondary N) is 1. The van der Waals surface area contributed by atoms with Crippen molar-refractivity contribution in [3.63, 3.8) is 0 Å². The molecule has 0 aromatic carbocycles. The Hall–Kier alpha value is -1.54. The fourth-order valence-corrected chi connectivity index (χ4v) is 2.24. The first kappa shape index (κ1) is 13.9. The van der Waals surface area contributed by atoms with Gasteiger partial charge in [-0.2, -0.15) is 10.5 Å². The van der Waals surface area contributed by atoms with Gasteiger partial charge < -0.3 is 15.5 Å². The Morgan fingerprint density at radius 3 is 3.21 bits per heavy atom. The lowest BCUT2D eigenvalue weighted by Gasteiger charge is -2.26. The zero-order valence-electron chi connectivity index (χ0n) is 10.9. The van der Waals surface area contributed by atoms with Crippen LogP contribution in [0.4, 0.5) is 0 Å². The number of likely N-dealkylation sites (tertiary alicyclic amines) is 1. The van der Waals surface area contributed by atoms with Gasteiger partial charge in [-0.25, -0.2) is 0 Å². The minimum atomic E-state index is -0.632. The fourth-order valence-electron chi connectivity index (χ4n) is 2.24. The van der Waals surface area contributed by atoms with E-state index in [9.17, 15) is 0 Å². The second-order valence-corrected chi connectivity index (χ2v) is 4.51. The van der Waals surface area contributed by atoms with E-state index >= 15 is 0 Å². The third-order valence-electron chi connectivity index (χ3n) is 3.23. The van der Waals surface area contributed by atoms with Crippen LogP contribution >= 0.6 is 0 Å². The maximum Gasteiger partial charge on any atom is 0.244 e. The second-order valence-electron chi connectivity index (χ2n) is 4.51. The number of nitrogens with two attached hydrogens (primary N) is 1. The topological polar surface area (TPSA) is 100 Å². The fraction of sp³-hybridized carbons (Fsp3) is 0.500. The monoisotopic (exact) mass is 265 g/mol. The molecule has 104 valence electrons. The van der Waals surface area contributed by atoms with Crippen LogP contribution in [-0.4, -0.2) is 33.1 Å². The van der Waals surface area contributed by atoms with Crippen molar-refractivity contribution in [3.05, 3.63) is 30.4 Å². The van der Waals surface area contributed by atoms with Crippen LogP contribution in [0.15, 0.2) is 23.3 Å². The Bertz CT molecular complexity index is 470. The van der Waals surface area contributed by atoms with Crippen LogP contribution in [0.25, 0.3) is 5.57 Å². The van der Waals surface area contributed by atoms with Gasteiger partial charge in [0.1, 0.15) is 6.29 Å². The van der Waals surface area contributed by atoms with Gasteiger partial charge in [-0.15, -0.1) is 0 Å². The summed E-state index contributed by atoms with van der Waals surface area (Å²) >= 11 is 0. The molecule has 1 aliphatic rings. The highest BCUT2D eigenvalue weighted by atomic mass is 16.5. The van der Waals surface area contributed by atoms with Crippen LogP contribution in [-0.2, 0) is 0 Å². The van der Waals surface area contributed by atoms with E-state index in [0.717, 1.165) is 25.0 Å². The van der Waals surface area contributed by atoms with Crippen molar-refractivity contribution in [2.45, 2.75) is 32.1 Å². The number of nitrogens with zero attached hydrogens (tertiary/aromatic N) is 3. The zero-order chi connectivity index (χ0) is 13.8. The summed E-state index contributed by atoms with van der Waals surface area (Å²) in [5, 5.41) is 12.9. The molecule has 2 atom stereocenters. The van der Waals surface area contributed by atoms with Crippen molar-refractivity contribution >= 4 is 5.57 Å². The molecule has 1 aromatic heterocycles. The molecule has 2 rings (SSSR count). The highest BCUT2D eigenvalue weighted by Crippen LogP contribution is 2.31. The molecule has 1 saturated heterocycles. The highest BCUT2D eigenvalue weighted by molar-refractivity contribution is 5.58. The van der Waals surface area contributed by atoms with Gasteiger partial charge in [-0.05, 0) is 25.3 Å². The van der Waals surface area contributed by atoms with Gasteiger partial charge >= 0.3 is 0 Å². The summed E-state index contributed by atoms with van der Waals surface area (Å²) in [5.74, 6) is 1.07. The van der Waals surface area contributed by atoms with E-state index in [1.165, 1.54) is 0 Å². The zero-order valence-corrected chi connectivity index (χ0v) is 10.9. The third-order valence-corrected chi connectivity index (χ3v) is 3.23. The SMILES string of the molecule is C=C/C=C(\C)c1noc([C@@H]2CCCN2C(N)NO)n1. The molecule has 1 aliphatic heterocycles. The quantitative estimate of drug-likeness (QED) is 0.415. The molecular weight excluding hydrogens is 246 g/mol. The van der Waals surface area contributed by atoms with Gasteiger partial charge in [0, 0.05) is 6.54 Å². The lowest BCUT2D eigenvalue weighted by Crippen LogP contribution is -2.50. The lowest BCUT2D eigenvalue weighted by atomic mass is 10.2. The van der Waals surface area contributed by atoms with E-state index in [1.54, 1.807) is 6.08 Å². The smallest absolute Gasteiger partial charge is 0.244 e. The molecule has 1 fully saturated rings.